The van der Waals surface area contributed by atoms with Gasteiger partial charge in [-0.2, -0.15) is 0 Å². The number of hydrogen-bond donors (Lipinski definition) is 20. The maximum absolute atomic E-state index is 15.8. The molecule has 6 heterocycles. The SMILES string of the molecule is CCCC[C@H]1C(=O)N(C)[C@@H](CCCC)C(=O)N[C@@H](CCCNC(=N)N)C(=O)N[C@H](C(=O)NCC(N)=O)CSCC(=O)N[C@@H](Cc2ccc(Cl)c(Cl)c2)C(=O)N(C)[C@@H](C)C(=O)N[C@@H](CC(N)=O)C(=O)N2CCC[C@H]2C(=O)N[C@@H](Cc2cnc[nH]2)C(=O)N[C@@H](CC(C)C)C(=O)N2C[C@H](O)C[C@H]2C(=O)N[C@@H](Cc2c[nH]c3ccccc23)C(=O)N[C@@H](CO)C(=O)N[C@@H](Cc2c[nH]c3ccccc23)C(=O)N1C. The summed E-state index contributed by atoms with van der Waals surface area (Å²) < 4.78 is 0. The van der Waals surface area contributed by atoms with Crippen LogP contribution in [0.25, 0.3) is 21.8 Å². The van der Waals surface area contributed by atoms with Crippen molar-refractivity contribution in [3.8, 4) is 0 Å². The van der Waals surface area contributed by atoms with Crippen LogP contribution in [0.5, 0.6) is 0 Å². The average Bonchev–Trinajstić information content (AvgIpc) is 1.76. The summed E-state index contributed by atoms with van der Waals surface area (Å²) >= 11 is 13.5. The number of benzene rings is 3. The summed E-state index contributed by atoms with van der Waals surface area (Å²) in [4.78, 5) is 270. The average molecular weight is 1960 g/mol. The van der Waals surface area contributed by atoms with Gasteiger partial charge in [-0.15, -0.1) is 11.8 Å². The number of aliphatic hydroxyl groups excluding tert-OH is 2. The van der Waals surface area contributed by atoms with Gasteiger partial charge in [0, 0.05) is 125 Å². The first kappa shape index (κ1) is 108. The Hall–Kier alpha value is -12.9. The van der Waals surface area contributed by atoms with E-state index in [0.717, 1.165) is 36.3 Å². The van der Waals surface area contributed by atoms with Gasteiger partial charge in [0.05, 0.1) is 47.8 Å². The Morgan fingerprint density at radius 3 is 1.71 bits per heavy atom. The molecular weight excluding hydrogens is 1840 g/mol. The van der Waals surface area contributed by atoms with Crippen LogP contribution in [-0.4, -0.2) is 317 Å². The van der Waals surface area contributed by atoms with E-state index < -0.39 is 241 Å². The first-order chi connectivity index (χ1) is 65.2. The van der Waals surface area contributed by atoms with E-state index in [1.807, 2.05) is 13.8 Å². The number of primary amides is 2. The minimum Gasteiger partial charge on any atom is -0.394 e. The smallest absolute Gasteiger partial charge is 0.246 e. The minimum absolute atomic E-state index is 0.0142. The van der Waals surface area contributed by atoms with Gasteiger partial charge >= 0.3 is 0 Å². The largest absolute Gasteiger partial charge is 0.394 e. The second-order valence-electron chi connectivity index (χ2n) is 35.1. The Labute approximate surface area is 805 Å². The van der Waals surface area contributed by atoms with Gasteiger partial charge in [-0.25, -0.2) is 4.98 Å². The standard InChI is InChI=1S/C91H126Cl2N24O19S/c1-9-11-24-70-83(129)105-61(23-17-29-99-91(96)97)79(125)112-69(78(124)102-42-75(95)121)45-137-46-76(122)104-65(33-50-27-28-57(92)58(93)32-50)86(132)113(6)49(5)77(123)108-67(38-74(94)120)88(134)116-30-18-26-71(116)84(130)107-63(36-53-41-98-47-103-53)81(127)109-64(31-48(3)4)89(135)117-43-54(119)37-73(117)85(131)106-62(34-51-39-100-59-21-15-13-19-55(51)59)80(126)111-68(44-118)82(128)110-66(35-52-40-101-60-22-16-14-20-56(52)60)87(133)115(8)72(25-12-10-2)90(136)114(70)7/h13-16,19-22,27-28,32,39-41,47-49,54,61-73,100-101,118-119H,9-12,17-18,23-26,29-31,33-38,42-46H2,1-8H3,(H2,94,120)(H2,95,121)(H,98,103)(H,102,124)(H,104,122)(H,105,129)(H,106,131)(H,107,130)(H,108,123)(H,109,127)(H,110,128)(H,111,126)(H,112,125)(H4,96,97,99)/t49-,54+,61-,62-,63-,64-,65-,66-,67-,68-,69-,70-,71-,72-,73-/m0/s1. The lowest BCUT2D eigenvalue weighted by atomic mass is 10.00. The molecule has 3 aromatic heterocycles. The molecule has 43 nitrogen and oxygen atoms in total. The van der Waals surface area contributed by atoms with Crippen molar-refractivity contribution in [3.05, 3.63) is 124 Å². The Kier molecular flexibility index (Phi) is 40.3. The number of fused-ring (bicyclic) bond motifs is 4. The summed E-state index contributed by atoms with van der Waals surface area (Å²) in [5.74, 6) is -18.0. The molecule has 0 aliphatic carbocycles. The number of amides is 17. The predicted octanol–water partition coefficient (Wildman–Crippen LogP) is -1.33. The van der Waals surface area contributed by atoms with Gasteiger partial charge in [-0.3, -0.25) is 86.9 Å². The molecular formula is C91H126Cl2N24O19S. The van der Waals surface area contributed by atoms with Crippen LogP contribution in [0.3, 0.4) is 0 Å². The Balaban J connectivity index is 1.11. The van der Waals surface area contributed by atoms with E-state index in [-0.39, 0.29) is 99.7 Å². The molecule has 0 radical (unpaired) electrons. The van der Waals surface area contributed by atoms with Crippen LogP contribution >= 0.6 is 35.0 Å². The molecule has 3 aliphatic heterocycles. The molecule has 0 saturated carbocycles. The van der Waals surface area contributed by atoms with Gasteiger partial charge in [0.2, 0.25) is 100 Å². The molecule has 0 bridgehead atoms. The number of para-hydroxylation sites is 2. The van der Waals surface area contributed by atoms with Crippen LogP contribution in [0.4, 0.5) is 0 Å². The number of carbonyl (C=O) groups excluding carboxylic acids is 17. The van der Waals surface area contributed by atoms with E-state index in [1.54, 1.807) is 74.8 Å². The highest BCUT2D eigenvalue weighted by Gasteiger charge is 2.47. The highest BCUT2D eigenvalue weighted by atomic mass is 35.5. The Bertz CT molecular complexity index is 5330. The summed E-state index contributed by atoms with van der Waals surface area (Å²) in [6, 6.07) is -3.54. The van der Waals surface area contributed by atoms with Crippen LogP contribution in [0, 0.1) is 11.3 Å². The van der Waals surface area contributed by atoms with Crippen molar-refractivity contribution in [1.29, 1.82) is 5.41 Å². The van der Waals surface area contributed by atoms with Crippen molar-refractivity contribution in [1.82, 2.24) is 103 Å². The third-order valence-electron chi connectivity index (χ3n) is 24.4. The van der Waals surface area contributed by atoms with E-state index in [2.05, 4.69) is 78.4 Å². The third kappa shape index (κ3) is 30.0. The van der Waals surface area contributed by atoms with Crippen molar-refractivity contribution in [2.75, 3.05) is 65.4 Å². The lowest BCUT2D eigenvalue weighted by molar-refractivity contribution is -0.149. The fourth-order valence-corrected chi connectivity index (χ4v) is 18.0. The van der Waals surface area contributed by atoms with Crippen LogP contribution in [0.15, 0.2) is 91.6 Å². The van der Waals surface area contributed by atoms with Crippen LogP contribution in [0.2, 0.25) is 10.0 Å². The lowest BCUT2D eigenvalue weighted by Gasteiger charge is -2.36. The molecule has 744 valence electrons. The number of nitrogens with zero attached hydrogens (tertiary/aromatic N) is 6. The zero-order chi connectivity index (χ0) is 100. The number of rotatable bonds is 26. The molecule has 23 N–H and O–H groups in total. The van der Waals surface area contributed by atoms with Gasteiger partial charge in [0.25, 0.3) is 0 Å². The second-order valence-corrected chi connectivity index (χ2v) is 36.9. The predicted molar refractivity (Wildman–Crippen MR) is 508 cm³/mol. The molecule has 3 fully saturated rings. The maximum Gasteiger partial charge on any atom is 0.246 e. The molecule has 9 rings (SSSR count). The number of guanidine groups is 1. The van der Waals surface area contributed by atoms with E-state index >= 15 is 38.4 Å². The second kappa shape index (κ2) is 51.3. The molecule has 17 amide bonds. The molecule has 3 aliphatic rings. The number of aliphatic hydroxyl groups is 2. The molecule has 0 unspecified atom stereocenters. The number of nitrogens with one attached hydrogen (secondary N) is 15. The maximum atomic E-state index is 15.8. The molecule has 15 atom stereocenters. The van der Waals surface area contributed by atoms with Crippen molar-refractivity contribution in [3.63, 3.8) is 0 Å². The number of carbonyl (C=O) groups is 17. The monoisotopic (exact) mass is 1960 g/mol. The minimum atomic E-state index is -1.90. The Morgan fingerprint density at radius 2 is 1.11 bits per heavy atom. The van der Waals surface area contributed by atoms with Crippen LogP contribution < -0.4 is 75.7 Å². The topological polar surface area (TPSA) is 641 Å². The van der Waals surface area contributed by atoms with E-state index in [4.69, 9.17) is 45.8 Å². The zero-order valence-corrected chi connectivity index (χ0v) is 80.1. The number of H-pyrrole nitrogens is 3. The van der Waals surface area contributed by atoms with Crippen molar-refractivity contribution >= 4 is 163 Å². The van der Waals surface area contributed by atoms with E-state index in [9.17, 15) is 53.4 Å². The normalized spacial score (nSPS) is 24.6. The Morgan fingerprint density at radius 1 is 0.562 bits per heavy atom. The van der Waals surface area contributed by atoms with Crippen LogP contribution in [0.1, 0.15) is 140 Å². The summed E-state index contributed by atoms with van der Waals surface area (Å²) in [5.41, 5.74) is 19.7. The first-order valence-corrected chi connectivity index (χ1v) is 47.6. The third-order valence-corrected chi connectivity index (χ3v) is 26.1. The quantitative estimate of drug-likeness (QED) is 0.0170. The number of aromatic amines is 3. The zero-order valence-electron chi connectivity index (χ0n) is 77.8. The van der Waals surface area contributed by atoms with Gasteiger partial charge in [0.1, 0.15) is 84.6 Å². The number of imidazole rings is 1. The number of aromatic nitrogens is 4. The van der Waals surface area contributed by atoms with Crippen molar-refractivity contribution < 1.29 is 91.7 Å². The van der Waals surface area contributed by atoms with Gasteiger partial charge in [-0.1, -0.05) is 119 Å². The number of unbranched alkanes of at least 4 members (excludes halogenated alkanes) is 2. The number of halogens is 2. The molecule has 46 heteroatoms. The van der Waals surface area contributed by atoms with Crippen LogP contribution in [-0.2, 0) is 107 Å². The van der Waals surface area contributed by atoms with Gasteiger partial charge < -0.3 is 125 Å². The van der Waals surface area contributed by atoms with Crippen molar-refractivity contribution in [2.45, 2.75) is 234 Å². The molecule has 137 heavy (non-hydrogen) atoms. The fourth-order valence-electron chi connectivity index (χ4n) is 16.8. The highest BCUT2D eigenvalue weighted by molar-refractivity contribution is 8.00. The summed E-state index contributed by atoms with van der Waals surface area (Å²) in [6.07, 6.45) is 3.58. The number of nitrogens with two attached hydrogens (primary N) is 3. The summed E-state index contributed by atoms with van der Waals surface area (Å²) in [7, 11) is 3.90. The highest BCUT2D eigenvalue weighted by Crippen LogP contribution is 2.29. The number of thioether (sulfide) groups is 1. The number of hydrogen-bond acceptors (Lipinski definition) is 22. The molecule has 0 spiro atoms. The summed E-state index contributed by atoms with van der Waals surface area (Å²) in [6.45, 7) is 5.99. The lowest BCUT2D eigenvalue weighted by Crippen LogP contribution is -2.62. The molecule has 3 saturated heterocycles. The van der Waals surface area contributed by atoms with Crippen molar-refractivity contribution in [2.24, 2.45) is 23.1 Å². The molecule has 6 aromatic rings. The fraction of sp³-hybridized carbons (Fsp3) is 0.527. The van der Waals surface area contributed by atoms with E-state index in [0.29, 0.717) is 69.9 Å². The molecule has 3 aromatic carbocycles. The van der Waals surface area contributed by atoms with Gasteiger partial charge in [0.15, 0.2) is 5.96 Å². The number of likely N-dealkylation sites (N-methyl/N-ethyl adjacent to an activating group) is 3. The van der Waals surface area contributed by atoms with Gasteiger partial charge in [-0.05, 0) is 98.7 Å². The summed E-state index contributed by atoms with van der Waals surface area (Å²) in [5, 5.41) is 61.1. The van der Waals surface area contributed by atoms with E-state index in [1.165, 1.54) is 58.8 Å². The first-order valence-electron chi connectivity index (χ1n) is 45.6.